The Balaban J connectivity index is 0.00000128. The molecule has 1 aliphatic rings. The number of nitrogens with zero attached hydrogens (tertiary/aromatic N) is 3. The van der Waals surface area contributed by atoms with E-state index in [1.807, 2.05) is 13.0 Å². The second-order valence-electron chi connectivity index (χ2n) is 3.69. The molecule has 0 spiro atoms. The average Bonchev–Trinajstić information content (AvgIpc) is 2.25. The second-order valence-corrected chi connectivity index (χ2v) is 3.69. The molecule has 0 saturated heterocycles. The van der Waals surface area contributed by atoms with Crippen LogP contribution in [0.2, 0.25) is 0 Å². The van der Waals surface area contributed by atoms with Crippen LogP contribution in [0.5, 0.6) is 5.75 Å². The van der Waals surface area contributed by atoms with Crippen molar-refractivity contribution in [2.45, 2.75) is 25.9 Å². The van der Waals surface area contributed by atoms with E-state index in [-0.39, 0.29) is 38.8 Å². The van der Waals surface area contributed by atoms with Crippen molar-refractivity contribution in [3.05, 3.63) is 39.8 Å². The summed E-state index contributed by atoms with van der Waals surface area (Å²) < 4.78 is 5.69. The predicted molar refractivity (Wildman–Crippen MR) is 56.8 cm³/mol. The third-order valence-corrected chi connectivity index (χ3v) is 2.51. The van der Waals surface area contributed by atoms with E-state index in [2.05, 4.69) is 22.2 Å². The Labute approximate surface area is 120 Å². The Hall–Kier alpha value is -0.566. The Morgan fingerprint density at radius 2 is 2.44 bits per heavy atom. The fraction of sp³-hybridized carbons (Fsp3) is 0.455. The minimum atomic E-state index is 0. The normalized spacial score (nSPS) is 17.4. The fourth-order valence-electron chi connectivity index (χ4n) is 1.70. The fourth-order valence-corrected chi connectivity index (χ4v) is 1.70. The van der Waals surface area contributed by atoms with Crippen LogP contribution in [-0.4, -0.2) is 12.6 Å². The summed E-state index contributed by atoms with van der Waals surface area (Å²) in [5.41, 5.74) is 10.5. The van der Waals surface area contributed by atoms with Gasteiger partial charge >= 0.3 is 0 Å². The van der Waals surface area contributed by atoms with Crippen LogP contribution in [0, 0.1) is 13.0 Å². The van der Waals surface area contributed by atoms with Crippen LogP contribution in [0.3, 0.4) is 0 Å². The van der Waals surface area contributed by atoms with E-state index in [9.17, 15) is 0 Å². The molecule has 1 aromatic carbocycles. The first-order valence-electron chi connectivity index (χ1n) is 4.99. The minimum absolute atomic E-state index is 0. The van der Waals surface area contributed by atoms with Crippen molar-refractivity contribution in [2.24, 2.45) is 5.11 Å². The van der Waals surface area contributed by atoms with Gasteiger partial charge in [-0.05, 0) is 12.0 Å². The molecular weight excluding hydrogens is 279 g/mol. The molecule has 5 heteroatoms. The summed E-state index contributed by atoms with van der Waals surface area (Å²) in [6, 6.07) is 7.29. The van der Waals surface area contributed by atoms with Crippen LogP contribution in [0.4, 0.5) is 0 Å². The molecule has 0 fully saturated rings. The van der Waals surface area contributed by atoms with E-state index in [1.165, 1.54) is 5.56 Å². The van der Waals surface area contributed by atoms with Crippen LogP contribution >= 0.6 is 0 Å². The van der Waals surface area contributed by atoms with Crippen molar-refractivity contribution in [1.82, 2.24) is 0 Å². The van der Waals surface area contributed by atoms with E-state index in [4.69, 9.17) is 10.3 Å². The molecule has 0 saturated carbocycles. The molecule has 0 amide bonds. The predicted octanol–water partition coefficient (Wildman–Crippen LogP) is 2.80. The second kappa shape index (κ2) is 6.24. The van der Waals surface area contributed by atoms with Gasteiger partial charge < -0.3 is 4.74 Å². The quantitative estimate of drug-likeness (QED) is 0.358. The molecule has 1 atom stereocenters. The molecule has 2 rings (SSSR count). The van der Waals surface area contributed by atoms with Crippen LogP contribution in [-0.2, 0) is 39.1 Å². The number of fused-ring (bicyclic) bond motifs is 1. The Kier molecular flexibility index (Phi) is 5.26. The monoisotopic (exact) mass is 291 g/mol. The Morgan fingerprint density at radius 3 is 3.19 bits per heavy atom. The van der Waals surface area contributed by atoms with E-state index in [0.717, 1.165) is 24.2 Å². The molecule has 0 aliphatic carbocycles. The van der Waals surface area contributed by atoms with E-state index < -0.39 is 0 Å². The van der Waals surface area contributed by atoms with Crippen molar-refractivity contribution >= 4 is 0 Å². The van der Waals surface area contributed by atoms with Gasteiger partial charge in [-0.25, -0.2) is 0 Å². The zero-order valence-corrected chi connectivity index (χ0v) is 12.0. The van der Waals surface area contributed by atoms with Crippen molar-refractivity contribution in [1.29, 1.82) is 0 Å². The smallest absolute Gasteiger partial charge is 0.101 e. The SMILES string of the molecule is Cc1[c-]c2c(cc1)CCC(CN=[N+]=[N-])O2.[Y]. The number of hydrogen-bond acceptors (Lipinski definition) is 2. The molecule has 1 radical (unpaired) electrons. The standard InChI is InChI=1S/C11H12N3O.Y/c1-8-2-3-9-4-5-10(7-13-14-12)15-11(9)6-8;/h2-3,10H,4-5,7H2,1H3;/q-1;. The van der Waals surface area contributed by atoms with Gasteiger partial charge in [-0.2, -0.15) is 17.7 Å². The third-order valence-electron chi connectivity index (χ3n) is 2.51. The molecule has 1 aliphatic heterocycles. The van der Waals surface area contributed by atoms with E-state index in [1.54, 1.807) is 0 Å². The number of azide groups is 1. The van der Waals surface area contributed by atoms with Gasteiger partial charge in [-0.15, -0.1) is 11.6 Å². The van der Waals surface area contributed by atoms with Gasteiger partial charge in [0.25, 0.3) is 0 Å². The number of benzene rings is 1. The Bertz CT molecular complexity index is 416. The molecule has 16 heavy (non-hydrogen) atoms. The Morgan fingerprint density at radius 1 is 1.62 bits per heavy atom. The van der Waals surface area contributed by atoms with Gasteiger partial charge in [0, 0.05) is 43.4 Å². The number of rotatable bonds is 2. The average molecular weight is 291 g/mol. The largest absolute Gasteiger partial charge is 0.516 e. The summed E-state index contributed by atoms with van der Waals surface area (Å²) in [6.45, 7) is 2.39. The van der Waals surface area contributed by atoms with Gasteiger partial charge in [0.05, 0.1) is 6.54 Å². The first kappa shape index (κ1) is 13.5. The first-order chi connectivity index (χ1) is 7.29. The topological polar surface area (TPSA) is 58.0 Å². The maximum atomic E-state index is 8.23. The van der Waals surface area contributed by atoms with Gasteiger partial charge in [0.2, 0.25) is 0 Å². The maximum Gasteiger partial charge on any atom is 0.101 e. The van der Waals surface area contributed by atoms with Gasteiger partial charge in [0.1, 0.15) is 6.10 Å². The summed E-state index contributed by atoms with van der Waals surface area (Å²) in [4.78, 5) is 2.74. The van der Waals surface area contributed by atoms with Crippen molar-refractivity contribution in [2.75, 3.05) is 6.54 Å². The molecule has 0 N–H and O–H groups in total. The van der Waals surface area contributed by atoms with Gasteiger partial charge in [0.15, 0.2) is 0 Å². The minimum Gasteiger partial charge on any atom is -0.516 e. The zero-order valence-electron chi connectivity index (χ0n) is 9.18. The number of ether oxygens (including phenoxy) is 1. The number of hydrogen-bond donors (Lipinski definition) is 0. The van der Waals surface area contributed by atoms with Crippen molar-refractivity contribution < 1.29 is 37.4 Å². The molecule has 0 aromatic heterocycles. The van der Waals surface area contributed by atoms with Crippen LogP contribution < -0.4 is 4.74 Å². The van der Waals surface area contributed by atoms with E-state index >= 15 is 0 Å². The molecule has 0 bridgehead atoms. The summed E-state index contributed by atoms with van der Waals surface area (Å²) in [5, 5.41) is 3.53. The molecule has 1 unspecified atom stereocenters. The summed E-state index contributed by atoms with van der Waals surface area (Å²) >= 11 is 0. The summed E-state index contributed by atoms with van der Waals surface area (Å²) in [6.07, 6.45) is 1.88. The van der Waals surface area contributed by atoms with Crippen molar-refractivity contribution in [3.8, 4) is 5.75 Å². The van der Waals surface area contributed by atoms with E-state index in [0.29, 0.717) is 6.54 Å². The zero-order chi connectivity index (χ0) is 10.7. The summed E-state index contributed by atoms with van der Waals surface area (Å²) in [7, 11) is 0. The molecule has 4 nitrogen and oxygen atoms in total. The number of aryl methyl sites for hydroxylation is 2. The molecule has 1 heterocycles. The van der Waals surface area contributed by atoms with Crippen LogP contribution in [0.25, 0.3) is 10.4 Å². The van der Waals surface area contributed by atoms with Gasteiger partial charge in [-0.3, -0.25) is 0 Å². The molecule has 1 aromatic rings. The molecular formula is C11H12N3OY-. The van der Waals surface area contributed by atoms with Crippen molar-refractivity contribution in [3.63, 3.8) is 0 Å². The van der Waals surface area contributed by atoms with Crippen LogP contribution in [0.15, 0.2) is 17.2 Å². The van der Waals surface area contributed by atoms with Gasteiger partial charge in [-0.1, -0.05) is 18.5 Å². The summed E-state index contributed by atoms with van der Waals surface area (Å²) in [5.74, 6) is 0.819. The third kappa shape index (κ3) is 3.21. The van der Waals surface area contributed by atoms with Crippen LogP contribution in [0.1, 0.15) is 17.5 Å². The maximum absolute atomic E-state index is 8.23. The first-order valence-corrected chi connectivity index (χ1v) is 4.99. The molecule has 81 valence electrons.